The van der Waals surface area contributed by atoms with Crippen LogP contribution in [0.3, 0.4) is 0 Å². The number of fused-ring (bicyclic) bond motifs is 1. The first kappa shape index (κ1) is 15.7. The Morgan fingerprint density at radius 2 is 1.90 bits per heavy atom. The van der Waals surface area contributed by atoms with Crippen LogP contribution in [0.4, 0.5) is 0 Å². The van der Waals surface area contributed by atoms with Gasteiger partial charge in [0.2, 0.25) is 17.7 Å². The van der Waals surface area contributed by atoms with Crippen molar-refractivity contribution in [1.29, 1.82) is 0 Å². The molecule has 2 atom stereocenters. The number of allylic oxidation sites excluding steroid dienone is 2. The molecule has 1 fully saturated rings. The summed E-state index contributed by atoms with van der Waals surface area (Å²) >= 11 is 0. The van der Waals surface area contributed by atoms with Crippen LogP contribution in [0, 0.1) is 11.8 Å². The van der Waals surface area contributed by atoms with E-state index >= 15 is 0 Å². The maximum absolute atomic E-state index is 12.2. The molecule has 0 radical (unpaired) electrons. The highest BCUT2D eigenvalue weighted by atomic mass is 16.5. The molecule has 0 spiro atoms. The lowest BCUT2D eigenvalue weighted by atomic mass is 9.85. The Kier molecular flexibility index (Phi) is 5.50. The van der Waals surface area contributed by atoms with Crippen LogP contribution >= 0.6 is 0 Å². The molecule has 0 aromatic rings. The minimum atomic E-state index is -0.182. The average molecular weight is 294 g/mol. The van der Waals surface area contributed by atoms with Gasteiger partial charge in [-0.25, -0.2) is 0 Å². The molecule has 2 rings (SSSR count). The fourth-order valence-electron chi connectivity index (χ4n) is 2.87. The van der Waals surface area contributed by atoms with Gasteiger partial charge in [0.1, 0.15) is 0 Å². The van der Waals surface area contributed by atoms with E-state index in [1.807, 2.05) is 12.2 Å². The van der Waals surface area contributed by atoms with Crippen molar-refractivity contribution in [3.63, 3.8) is 0 Å². The maximum Gasteiger partial charge on any atom is 0.233 e. The van der Waals surface area contributed by atoms with Crippen LogP contribution in [0.25, 0.3) is 0 Å². The largest absolute Gasteiger partial charge is 0.383 e. The molecule has 0 aromatic carbocycles. The quantitative estimate of drug-likeness (QED) is 0.421. The molecule has 0 saturated carbocycles. The van der Waals surface area contributed by atoms with E-state index in [1.54, 1.807) is 7.11 Å². The second-order valence-corrected chi connectivity index (χ2v) is 5.43. The van der Waals surface area contributed by atoms with Crippen LogP contribution in [0.1, 0.15) is 25.7 Å². The molecule has 0 aromatic heterocycles. The fourth-order valence-corrected chi connectivity index (χ4v) is 2.87. The van der Waals surface area contributed by atoms with Gasteiger partial charge in [-0.1, -0.05) is 12.2 Å². The number of nitrogens with one attached hydrogen (secondary N) is 1. The molecule has 1 saturated heterocycles. The molecule has 0 unspecified atom stereocenters. The Morgan fingerprint density at radius 3 is 2.48 bits per heavy atom. The van der Waals surface area contributed by atoms with Gasteiger partial charge < -0.3 is 10.1 Å². The Balaban J connectivity index is 1.75. The monoisotopic (exact) mass is 294 g/mol. The molecule has 6 heteroatoms. The summed E-state index contributed by atoms with van der Waals surface area (Å²) < 4.78 is 4.84. The summed E-state index contributed by atoms with van der Waals surface area (Å²) in [6, 6.07) is 0. The molecule has 2 aliphatic rings. The van der Waals surface area contributed by atoms with Crippen molar-refractivity contribution in [3.05, 3.63) is 12.2 Å². The Bertz CT molecular complexity index is 421. The van der Waals surface area contributed by atoms with Crippen molar-refractivity contribution in [3.8, 4) is 0 Å². The number of ether oxygens (including phenoxy) is 1. The third-order valence-corrected chi connectivity index (χ3v) is 4.01. The summed E-state index contributed by atoms with van der Waals surface area (Å²) in [4.78, 5) is 37.3. The first-order valence-corrected chi connectivity index (χ1v) is 7.41. The van der Waals surface area contributed by atoms with Gasteiger partial charge in [0.05, 0.1) is 18.4 Å². The first-order chi connectivity index (χ1) is 10.1. The predicted octanol–water partition coefficient (Wildman–Crippen LogP) is 0.480. The lowest BCUT2D eigenvalue weighted by molar-refractivity contribution is -0.140. The molecule has 1 N–H and O–H groups in total. The van der Waals surface area contributed by atoms with Crippen LogP contribution in [-0.2, 0) is 19.1 Å². The van der Waals surface area contributed by atoms with Gasteiger partial charge in [-0.3, -0.25) is 19.3 Å². The molecule has 1 aliphatic carbocycles. The van der Waals surface area contributed by atoms with Crippen LogP contribution in [0.2, 0.25) is 0 Å². The smallest absolute Gasteiger partial charge is 0.233 e. The maximum atomic E-state index is 12.2. The normalized spacial score (nSPS) is 24.3. The highest BCUT2D eigenvalue weighted by molar-refractivity contribution is 6.05. The summed E-state index contributed by atoms with van der Waals surface area (Å²) in [5, 5.41) is 2.72. The summed E-state index contributed by atoms with van der Waals surface area (Å²) in [7, 11) is 1.57. The molecule has 3 amide bonds. The molecule has 0 bridgehead atoms. The second kappa shape index (κ2) is 7.36. The fraction of sp³-hybridized carbons (Fsp3) is 0.667. The number of carbonyl (C=O) groups is 3. The van der Waals surface area contributed by atoms with Gasteiger partial charge in [-0.15, -0.1) is 0 Å². The van der Waals surface area contributed by atoms with Gasteiger partial charge in [0, 0.05) is 26.6 Å². The highest BCUT2D eigenvalue weighted by Gasteiger charge is 2.46. The van der Waals surface area contributed by atoms with E-state index in [0.717, 1.165) is 0 Å². The molecule has 21 heavy (non-hydrogen) atoms. The SMILES string of the molecule is COCCNC(=O)CCCN1C(=O)[C@@H]2CC=CC[C@H]2C1=O. The van der Waals surface area contributed by atoms with Gasteiger partial charge in [-0.05, 0) is 19.3 Å². The standard InChI is InChI=1S/C15H22N2O4/c1-21-10-8-16-13(18)7-4-9-17-14(19)11-5-2-3-6-12(11)15(17)20/h2-3,11-12H,4-10H2,1H3,(H,16,18)/t11-,12-/m1/s1. The van der Waals surface area contributed by atoms with E-state index in [0.29, 0.717) is 45.4 Å². The zero-order valence-corrected chi connectivity index (χ0v) is 12.3. The van der Waals surface area contributed by atoms with Gasteiger partial charge in [-0.2, -0.15) is 0 Å². The van der Waals surface area contributed by atoms with Crippen molar-refractivity contribution < 1.29 is 19.1 Å². The lowest BCUT2D eigenvalue weighted by Gasteiger charge is -2.14. The molecule has 116 valence electrons. The number of hydrogen-bond acceptors (Lipinski definition) is 4. The van der Waals surface area contributed by atoms with Crippen molar-refractivity contribution >= 4 is 17.7 Å². The van der Waals surface area contributed by atoms with E-state index in [2.05, 4.69) is 5.32 Å². The molecular formula is C15H22N2O4. The summed E-state index contributed by atoms with van der Waals surface area (Å²) in [6.45, 7) is 1.29. The minimum absolute atomic E-state index is 0.0749. The van der Waals surface area contributed by atoms with Crippen molar-refractivity contribution in [1.82, 2.24) is 10.2 Å². The lowest BCUT2D eigenvalue weighted by Crippen LogP contribution is -2.33. The highest BCUT2D eigenvalue weighted by Crippen LogP contribution is 2.34. The number of imide groups is 1. The van der Waals surface area contributed by atoms with Crippen molar-refractivity contribution in [2.24, 2.45) is 11.8 Å². The van der Waals surface area contributed by atoms with Crippen LogP contribution in [0.5, 0.6) is 0 Å². The van der Waals surface area contributed by atoms with E-state index < -0.39 is 0 Å². The minimum Gasteiger partial charge on any atom is -0.383 e. The second-order valence-electron chi connectivity index (χ2n) is 5.43. The van der Waals surface area contributed by atoms with E-state index in [1.165, 1.54) is 4.90 Å². The number of methoxy groups -OCH3 is 1. The van der Waals surface area contributed by atoms with E-state index in [-0.39, 0.29) is 29.6 Å². The Hall–Kier alpha value is -1.69. The van der Waals surface area contributed by atoms with Gasteiger partial charge >= 0.3 is 0 Å². The topological polar surface area (TPSA) is 75.7 Å². The van der Waals surface area contributed by atoms with Crippen LogP contribution < -0.4 is 5.32 Å². The van der Waals surface area contributed by atoms with Gasteiger partial charge in [0.15, 0.2) is 0 Å². The molecule has 6 nitrogen and oxygen atoms in total. The number of likely N-dealkylation sites (tertiary alicyclic amines) is 1. The summed E-state index contributed by atoms with van der Waals surface area (Å²) in [5.41, 5.74) is 0. The molecule has 1 heterocycles. The Morgan fingerprint density at radius 1 is 1.29 bits per heavy atom. The third kappa shape index (κ3) is 3.69. The molecule has 1 aliphatic heterocycles. The summed E-state index contributed by atoms with van der Waals surface area (Å²) in [6.07, 6.45) is 6.07. The van der Waals surface area contributed by atoms with Gasteiger partial charge in [0.25, 0.3) is 0 Å². The number of amides is 3. The average Bonchev–Trinajstić information content (AvgIpc) is 2.73. The summed E-state index contributed by atoms with van der Waals surface area (Å²) in [5.74, 6) is -0.593. The van der Waals surface area contributed by atoms with Crippen molar-refractivity contribution in [2.45, 2.75) is 25.7 Å². The zero-order valence-electron chi connectivity index (χ0n) is 12.3. The van der Waals surface area contributed by atoms with Crippen molar-refractivity contribution in [2.75, 3.05) is 26.8 Å². The number of nitrogens with zero attached hydrogens (tertiary/aromatic N) is 1. The third-order valence-electron chi connectivity index (χ3n) is 4.01. The van der Waals surface area contributed by atoms with E-state index in [4.69, 9.17) is 4.74 Å². The number of carbonyl (C=O) groups excluding carboxylic acids is 3. The first-order valence-electron chi connectivity index (χ1n) is 7.41. The van der Waals surface area contributed by atoms with E-state index in [9.17, 15) is 14.4 Å². The molecular weight excluding hydrogens is 272 g/mol. The number of hydrogen-bond donors (Lipinski definition) is 1. The predicted molar refractivity (Wildman–Crippen MR) is 76.2 cm³/mol. The van der Waals surface area contributed by atoms with Crippen LogP contribution in [-0.4, -0.2) is 49.4 Å². The Labute approximate surface area is 124 Å². The number of rotatable bonds is 7. The van der Waals surface area contributed by atoms with Crippen LogP contribution in [0.15, 0.2) is 12.2 Å². The zero-order chi connectivity index (χ0) is 15.2.